The molecule has 0 bridgehead atoms. The van der Waals surface area contributed by atoms with E-state index < -0.39 is 17.4 Å². The highest BCUT2D eigenvalue weighted by atomic mass is 19.4. The number of halogens is 3. The van der Waals surface area contributed by atoms with Crippen molar-refractivity contribution in [2.45, 2.75) is 32.5 Å². The van der Waals surface area contributed by atoms with Crippen molar-refractivity contribution in [3.8, 4) is 0 Å². The van der Waals surface area contributed by atoms with Crippen molar-refractivity contribution >= 4 is 0 Å². The molecule has 1 aromatic heterocycles. The molecule has 0 amide bonds. The van der Waals surface area contributed by atoms with Gasteiger partial charge < -0.3 is 9.88 Å². The maximum absolute atomic E-state index is 12.7. The predicted molar refractivity (Wildman–Crippen MR) is 63.5 cm³/mol. The molecule has 0 aromatic carbocycles. The fraction of sp³-hybridized carbons (Fsp3) is 0.583. The molecule has 0 atom stereocenters. The molecule has 0 saturated heterocycles. The van der Waals surface area contributed by atoms with Gasteiger partial charge in [-0.05, 0) is 32.0 Å². The number of aromatic nitrogens is 1. The van der Waals surface area contributed by atoms with Crippen molar-refractivity contribution in [2.75, 3.05) is 13.1 Å². The lowest BCUT2D eigenvalue weighted by Gasteiger charge is -2.14. The SMILES string of the molecule is CCCNCCCn1c(C(F)(F)F)cccc1=O. The van der Waals surface area contributed by atoms with Gasteiger partial charge >= 0.3 is 6.18 Å². The van der Waals surface area contributed by atoms with Gasteiger partial charge in [0, 0.05) is 12.6 Å². The Bertz CT molecular complexity index is 426. The van der Waals surface area contributed by atoms with Crippen LogP contribution in [0.4, 0.5) is 13.2 Å². The third-order valence-corrected chi connectivity index (χ3v) is 2.50. The minimum atomic E-state index is -4.49. The van der Waals surface area contributed by atoms with Gasteiger partial charge in [-0.2, -0.15) is 13.2 Å². The second-order valence-electron chi connectivity index (χ2n) is 4.00. The molecule has 0 aliphatic heterocycles. The minimum absolute atomic E-state index is 0.0746. The normalized spacial score (nSPS) is 11.8. The van der Waals surface area contributed by atoms with E-state index in [4.69, 9.17) is 0 Å². The Morgan fingerprint density at radius 2 is 2.00 bits per heavy atom. The summed E-state index contributed by atoms with van der Waals surface area (Å²) in [6.45, 7) is 3.52. The maximum Gasteiger partial charge on any atom is 0.431 e. The molecule has 1 heterocycles. The molecular weight excluding hydrogens is 245 g/mol. The molecular formula is C12H17F3N2O. The minimum Gasteiger partial charge on any atom is -0.317 e. The average molecular weight is 262 g/mol. The zero-order valence-corrected chi connectivity index (χ0v) is 10.3. The monoisotopic (exact) mass is 262 g/mol. The Kier molecular flexibility index (Phi) is 5.40. The Hall–Kier alpha value is -1.30. The molecule has 1 rings (SSSR count). The largest absolute Gasteiger partial charge is 0.431 e. The zero-order chi connectivity index (χ0) is 13.6. The number of pyridine rings is 1. The average Bonchev–Trinajstić information content (AvgIpc) is 2.29. The Labute approximate surface area is 104 Å². The molecule has 6 heteroatoms. The van der Waals surface area contributed by atoms with Gasteiger partial charge in [0.25, 0.3) is 5.56 Å². The molecule has 1 N–H and O–H groups in total. The van der Waals surface area contributed by atoms with Crippen LogP contribution >= 0.6 is 0 Å². The third-order valence-electron chi connectivity index (χ3n) is 2.50. The molecule has 0 spiro atoms. The first-order valence-electron chi connectivity index (χ1n) is 5.94. The van der Waals surface area contributed by atoms with Gasteiger partial charge in [-0.3, -0.25) is 4.79 Å². The van der Waals surface area contributed by atoms with E-state index in [1.54, 1.807) is 0 Å². The van der Waals surface area contributed by atoms with Crippen molar-refractivity contribution in [1.29, 1.82) is 0 Å². The molecule has 3 nitrogen and oxygen atoms in total. The van der Waals surface area contributed by atoms with E-state index in [-0.39, 0.29) is 6.54 Å². The predicted octanol–water partition coefficient (Wildman–Crippen LogP) is 2.26. The lowest BCUT2D eigenvalue weighted by Crippen LogP contribution is -2.28. The van der Waals surface area contributed by atoms with E-state index in [0.717, 1.165) is 35.7 Å². The molecule has 0 radical (unpaired) electrons. The van der Waals surface area contributed by atoms with E-state index in [2.05, 4.69) is 5.32 Å². The number of nitrogens with one attached hydrogen (secondary N) is 1. The third kappa shape index (κ3) is 4.18. The van der Waals surface area contributed by atoms with Gasteiger partial charge in [0.15, 0.2) is 0 Å². The molecule has 1 aromatic rings. The van der Waals surface area contributed by atoms with Crippen molar-refractivity contribution in [3.05, 3.63) is 34.2 Å². The number of rotatable bonds is 6. The van der Waals surface area contributed by atoms with Crippen LogP contribution in [0.2, 0.25) is 0 Å². The summed E-state index contributed by atoms with van der Waals surface area (Å²) in [7, 11) is 0. The van der Waals surface area contributed by atoms with Crippen LogP contribution in [0.3, 0.4) is 0 Å². The molecule has 0 aliphatic rings. The summed E-state index contributed by atoms with van der Waals surface area (Å²) in [4.78, 5) is 11.4. The van der Waals surface area contributed by atoms with Gasteiger partial charge in [-0.15, -0.1) is 0 Å². The molecule has 0 aliphatic carbocycles. The summed E-state index contributed by atoms with van der Waals surface area (Å²) in [5, 5.41) is 3.09. The Balaban J connectivity index is 2.72. The fourth-order valence-electron chi connectivity index (χ4n) is 1.66. The number of alkyl halides is 3. The first-order chi connectivity index (χ1) is 8.46. The van der Waals surface area contributed by atoms with Gasteiger partial charge in [-0.25, -0.2) is 0 Å². The lowest BCUT2D eigenvalue weighted by atomic mass is 10.3. The molecule has 0 saturated carbocycles. The van der Waals surface area contributed by atoms with Crippen LogP contribution in [0.5, 0.6) is 0 Å². The lowest BCUT2D eigenvalue weighted by molar-refractivity contribution is -0.144. The van der Waals surface area contributed by atoms with Crippen LogP contribution in [0.1, 0.15) is 25.5 Å². The van der Waals surface area contributed by atoms with Gasteiger partial charge in [0.2, 0.25) is 0 Å². The Morgan fingerprint density at radius 1 is 1.28 bits per heavy atom. The molecule has 18 heavy (non-hydrogen) atoms. The maximum atomic E-state index is 12.7. The topological polar surface area (TPSA) is 34.0 Å². The molecule has 102 valence electrons. The molecule has 0 unspecified atom stereocenters. The number of hydrogen-bond donors (Lipinski definition) is 1. The van der Waals surface area contributed by atoms with Gasteiger partial charge in [0.1, 0.15) is 5.69 Å². The summed E-state index contributed by atoms with van der Waals surface area (Å²) >= 11 is 0. The van der Waals surface area contributed by atoms with Crippen LogP contribution in [0, 0.1) is 0 Å². The standard InChI is InChI=1S/C12H17F3N2O/c1-2-7-16-8-4-9-17-10(12(13,14)15)5-3-6-11(17)18/h3,5-6,16H,2,4,7-9H2,1H3. The second kappa shape index (κ2) is 6.58. The smallest absolute Gasteiger partial charge is 0.317 e. The van der Waals surface area contributed by atoms with Crippen LogP contribution in [-0.2, 0) is 12.7 Å². The number of hydrogen-bond acceptors (Lipinski definition) is 2. The fourth-order valence-corrected chi connectivity index (χ4v) is 1.66. The van der Waals surface area contributed by atoms with Crippen LogP contribution < -0.4 is 10.9 Å². The quantitative estimate of drug-likeness (QED) is 0.798. The molecule has 0 fully saturated rings. The highest BCUT2D eigenvalue weighted by Crippen LogP contribution is 2.28. The van der Waals surface area contributed by atoms with Crippen molar-refractivity contribution in [3.63, 3.8) is 0 Å². The van der Waals surface area contributed by atoms with Crippen molar-refractivity contribution < 1.29 is 13.2 Å². The van der Waals surface area contributed by atoms with E-state index >= 15 is 0 Å². The Morgan fingerprint density at radius 3 is 2.61 bits per heavy atom. The highest BCUT2D eigenvalue weighted by molar-refractivity contribution is 5.10. The van der Waals surface area contributed by atoms with Gasteiger partial charge in [0.05, 0.1) is 0 Å². The number of nitrogens with zero attached hydrogens (tertiary/aromatic N) is 1. The first kappa shape index (κ1) is 14.8. The van der Waals surface area contributed by atoms with E-state index in [1.165, 1.54) is 0 Å². The first-order valence-corrected chi connectivity index (χ1v) is 5.94. The second-order valence-corrected chi connectivity index (χ2v) is 4.00. The van der Waals surface area contributed by atoms with Crippen molar-refractivity contribution in [1.82, 2.24) is 9.88 Å². The van der Waals surface area contributed by atoms with Crippen LogP contribution in [0.25, 0.3) is 0 Å². The van der Waals surface area contributed by atoms with Crippen LogP contribution in [0.15, 0.2) is 23.0 Å². The summed E-state index contributed by atoms with van der Waals surface area (Å²) < 4.78 is 38.8. The van der Waals surface area contributed by atoms with Crippen LogP contribution in [-0.4, -0.2) is 17.7 Å². The van der Waals surface area contributed by atoms with E-state index in [1.807, 2.05) is 6.92 Å². The van der Waals surface area contributed by atoms with E-state index in [0.29, 0.717) is 13.0 Å². The highest BCUT2D eigenvalue weighted by Gasteiger charge is 2.33. The van der Waals surface area contributed by atoms with Gasteiger partial charge in [-0.1, -0.05) is 13.0 Å². The van der Waals surface area contributed by atoms with Crippen molar-refractivity contribution in [2.24, 2.45) is 0 Å². The summed E-state index contributed by atoms with van der Waals surface area (Å²) in [5.41, 5.74) is -1.49. The summed E-state index contributed by atoms with van der Waals surface area (Å²) in [6, 6.07) is 3.21. The zero-order valence-electron chi connectivity index (χ0n) is 10.3. The summed E-state index contributed by atoms with van der Waals surface area (Å²) in [6.07, 6.45) is -3.02. The summed E-state index contributed by atoms with van der Waals surface area (Å²) in [5.74, 6) is 0. The van der Waals surface area contributed by atoms with E-state index in [9.17, 15) is 18.0 Å².